The minimum absolute atomic E-state index is 0. The van der Waals surface area contributed by atoms with Crippen LogP contribution in [-0.4, -0.2) is 23.4 Å². The smallest absolute Gasteiger partial charge is 0.324 e. The summed E-state index contributed by atoms with van der Waals surface area (Å²) in [7, 11) is 0. The Morgan fingerprint density at radius 3 is 2.89 bits per heavy atom. The van der Waals surface area contributed by atoms with Gasteiger partial charge in [-0.2, -0.15) is 0 Å². The normalized spacial score (nSPS) is 21.7. The largest absolute Gasteiger partial charge is 0.349 e. The predicted molar refractivity (Wildman–Crippen MR) is 75.9 cm³/mol. The number of carbonyl (C=O) groups excluding carboxylic acids is 1. The first-order chi connectivity index (χ1) is 8.61. The molecule has 0 aromatic carbocycles. The Balaban J connectivity index is 0.00000180. The third-order valence-corrected chi connectivity index (χ3v) is 4.19. The Bertz CT molecular complexity index is 466. The molecule has 6 nitrogen and oxygen atoms in total. The van der Waals surface area contributed by atoms with Crippen molar-refractivity contribution in [2.24, 2.45) is 11.7 Å². The van der Waals surface area contributed by atoms with Gasteiger partial charge in [0.15, 0.2) is 0 Å². The van der Waals surface area contributed by atoms with Crippen LogP contribution in [0.2, 0.25) is 0 Å². The van der Waals surface area contributed by atoms with Crippen molar-refractivity contribution >= 4 is 34.7 Å². The second-order valence-corrected chi connectivity index (χ2v) is 5.33. The van der Waals surface area contributed by atoms with Gasteiger partial charge >= 0.3 is 5.00 Å². The van der Waals surface area contributed by atoms with Gasteiger partial charge in [-0.05, 0) is 25.3 Å². The van der Waals surface area contributed by atoms with Crippen LogP contribution in [0.4, 0.5) is 5.00 Å². The first-order valence-electron chi connectivity index (χ1n) is 5.85. The van der Waals surface area contributed by atoms with E-state index in [1.807, 2.05) is 0 Å². The van der Waals surface area contributed by atoms with E-state index in [0.717, 1.165) is 30.6 Å². The van der Waals surface area contributed by atoms with Crippen molar-refractivity contribution in [2.75, 3.05) is 6.54 Å². The van der Waals surface area contributed by atoms with Gasteiger partial charge in [0.2, 0.25) is 0 Å². The maximum absolute atomic E-state index is 11.9. The van der Waals surface area contributed by atoms with E-state index >= 15 is 0 Å². The van der Waals surface area contributed by atoms with Crippen molar-refractivity contribution in [3.05, 3.63) is 27.1 Å². The molecular formula is C11H16ClN3O3S. The summed E-state index contributed by atoms with van der Waals surface area (Å²) in [5.74, 6) is 0.0762. The average molecular weight is 306 g/mol. The van der Waals surface area contributed by atoms with Gasteiger partial charge in [-0.1, -0.05) is 17.8 Å². The second kappa shape index (κ2) is 6.83. The summed E-state index contributed by atoms with van der Waals surface area (Å²) in [6.07, 6.45) is 3.03. The van der Waals surface area contributed by atoms with Crippen LogP contribution in [-0.2, 0) is 0 Å². The molecule has 2 rings (SSSR count). The van der Waals surface area contributed by atoms with Crippen molar-refractivity contribution in [1.82, 2.24) is 5.32 Å². The molecule has 1 fully saturated rings. The second-order valence-electron chi connectivity index (χ2n) is 4.44. The molecule has 1 aromatic heterocycles. The number of hydrogen-bond acceptors (Lipinski definition) is 5. The van der Waals surface area contributed by atoms with Crippen LogP contribution >= 0.6 is 23.7 Å². The first-order valence-corrected chi connectivity index (χ1v) is 6.73. The van der Waals surface area contributed by atoms with Crippen molar-refractivity contribution in [3.8, 4) is 0 Å². The fraction of sp³-hybridized carbons (Fsp3) is 0.545. The molecule has 19 heavy (non-hydrogen) atoms. The molecule has 1 aliphatic carbocycles. The monoisotopic (exact) mass is 305 g/mol. The number of hydrogen-bond donors (Lipinski definition) is 2. The molecule has 1 saturated carbocycles. The molecule has 0 spiro atoms. The van der Waals surface area contributed by atoms with Gasteiger partial charge in [-0.3, -0.25) is 14.9 Å². The highest BCUT2D eigenvalue weighted by molar-refractivity contribution is 7.13. The number of amides is 1. The molecule has 0 radical (unpaired) electrons. The number of nitrogens with zero attached hydrogens (tertiary/aromatic N) is 1. The van der Waals surface area contributed by atoms with E-state index in [2.05, 4.69) is 5.32 Å². The van der Waals surface area contributed by atoms with E-state index in [-0.39, 0.29) is 29.4 Å². The standard InChI is InChI=1S/C11H15N3O3S.ClH/c12-5-7-2-1-3-9(7)13-11(15)8-4-10(14(16)17)18-6-8;/h4,6-7,9H,1-3,5,12H2,(H,13,15);1H. The molecule has 8 heteroatoms. The van der Waals surface area contributed by atoms with Crippen LogP contribution in [0, 0.1) is 16.0 Å². The Kier molecular flexibility index (Phi) is 5.71. The van der Waals surface area contributed by atoms with Gasteiger partial charge in [0.1, 0.15) is 0 Å². The summed E-state index contributed by atoms with van der Waals surface area (Å²) >= 11 is 0.966. The minimum Gasteiger partial charge on any atom is -0.349 e. The van der Waals surface area contributed by atoms with Gasteiger partial charge in [0.25, 0.3) is 5.91 Å². The lowest BCUT2D eigenvalue weighted by molar-refractivity contribution is -0.380. The maximum Gasteiger partial charge on any atom is 0.324 e. The zero-order valence-electron chi connectivity index (χ0n) is 10.2. The summed E-state index contributed by atoms with van der Waals surface area (Å²) in [6.45, 7) is 0.564. The van der Waals surface area contributed by atoms with Crippen LogP contribution in [0.3, 0.4) is 0 Å². The van der Waals surface area contributed by atoms with E-state index in [9.17, 15) is 14.9 Å². The average Bonchev–Trinajstić information content (AvgIpc) is 2.96. The number of carbonyl (C=O) groups is 1. The third kappa shape index (κ3) is 3.65. The maximum atomic E-state index is 11.9. The Hall–Kier alpha value is -1.18. The number of nitrogens with two attached hydrogens (primary N) is 1. The van der Waals surface area contributed by atoms with Gasteiger partial charge < -0.3 is 11.1 Å². The Morgan fingerprint density at radius 2 is 2.32 bits per heavy atom. The molecule has 0 saturated heterocycles. The molecule has 106 valence electrons. The molecule has 3 N–H and O–H groups in total. The fourth-order valence-corrected chi connectivity index (χ4v) is 3.00. The van der Waals surface area contributed by atoms with Gasteiger partial charge in [-0.15, -0.1) is 12.4 Å². The van der Waals surface area contributed by atoms with E-state index in [1.54, 1.807) is 0 Å². The lowest BCUT2D eigenvalue weighted by atomic mass is 10.0. The molecule has 1 aliphatic rings. The highest BCUT2D eigenvalue weighted by Crippen LogP contribution is 2.26. The van der Waals surface area contributed by atoms with Crippen LogP contribution in [0.5, 0.6) is 0 Å². The van der Waals surface area contributed by atoms with Gasteiger partial charge in [0, 0.05) is 17.5 Å². The van der Waals surface area contributed by atoms with Gasteiger partial charge in [0.05, 0.1) is 10.5 Å². The Morgan fingerprint density at radius 1 is 1.58 bits per heavy atom. The van der Waals surface area contributed by atoms with Crippen LogP contribution in [0.1, 0.15) is 29.6 Å². The molecule has 1 amide bonds. The zero-order chi connectivity index (χ0) is 13.1. The number of halogens is 1. The number of rotatable bonds is 4. The number of thiophene rings is 1. The summed E-state index contributed by atoms with van der Waals surface area (Å²) in [4.78, 5) is 22.0. The van der Waals surface area contributed by atoms with Gasteiger partial charge in [-0.25, -0.2) is 0 Å². The van der Waals surface area contributed by atoms with E-state index in [1.165, 1.54) is 11.4 Å². The van der Waals surface area contributed by atoms with Crippen molar-refractivity contribution in [1.29, 1.82) is 0 Å². The highest BCUT2D eigenvalue weighted by Gasteiger charge is 2.28. The SMILES string of the molecule is Cl.NCC1CCCC1NC(=O)c1csc([N+](=O)[O-])c1. The lowest BCUT2D eigenvalue weighted by Gasteiger charge is -2.18. The first kappa shape index (κ1) is 15.9. The topological polar surface area (TPSA) is 98.3 Å². The highest BCUT2D eigenvalue weighted by atomic mass is 35.5. The quantitative estimate of drug-likeness (QED) is 0.656. The number of nitro groups is 1. The van der Waals surface area contributed by atoms with Crippen molar-refractivity contribution < 1.29 is 9.72 Å². The molecule has 2 atom stereocenters. The van der Waals surface area contributed by atoms with E-state index < -0.39 is 4.92 Å². The molecule has 0 aliphatic heterocycles. The van der Waals surface area contributed by atoms with Crippen LogP contribution < -0.4 is 11.1 Å². The van der Waals surface area contributed by atoms with Crippen molar-refractivity contribution in [3.63, 3.8) is 0 Å². The fourth-order valence-electron chi connectivity index (χ4n) is 2.30. The molecular weight excluding hydrogens is 290 g/mol. The van der Waals surface area contributed by atoms with Crippen LogP contribution in [0.25, 0.3) is 0 Å². The molecule has 1 aromatic rings. The lowest BCUT2D eigenvalue weighted by Crippen LogP contribution is -2.39. The summed E-state index contributed by atoms with van der Waals surface area (Å²) < 4.78 is 0. The Labute approximate surface area is 120 Å². The third-order valence-electron chi connectivity index (χ3n) is 3.31. The number of nitrogens with one attached hydrogen (secondary N) is 1. The molecule has 1 heterocycles. The summed E-state index contributed by atoms with van der Waals surface area (Å²) in [5.41, 5.74) is 6.00. The van der Waals surface area contributed by atoms with E-state index in [0.29, 0.717) is 18.0 Å². The summed E-state index contributed by atoms with van der Waals surface area (Å²) in [6, 6.07) is 1.41. The zero-order valence-corrected chi connectivity index (χ0v) is 11.8. The van der Waals surface area contributed by atoms with Crippen LogP contribution in [0.15, 0.2) is 11.4 Å². The molecule has 0 bridgehead atoms. The predicted octanol–water partition coefficient (Wildman–Crippen LogP) is 1.94. The minimum atomic E-state index is -0.486. The van der Waals surface area contributed by atoms with Crippen molar-refractivity contribution in [2.45, 2.75) is 25.3 Å². The summed E-state index contributed by atoms with van der Waals surface area (Å²) in [5, 5.41) is 15.0. The van der Waals surface area contributed by atoms with E-state index in [4.69, 9.17) is 5.73 Å². The molecule has 2 unspecified atom stereocenters.